The van der Waals surface area contributed by atoms with E-state index in [1.165, 1.54) is 0 Å². The van der Waals surface area contributed by atoms with Crippen LogP contribution in [0.4, 0.5) is 0 Å². The van der Waals surface area contributed by atoms with Gasteiger partial charge in [0.2, 0.25) is 17.7 Å². The Balaban J connectivity index is 1.64. The van der Waals surface area contributed by atoms with E-state index in [2.05, 4.69) is 21.3 Å². The van der Waals surface area contributed by atoms with Crippen LogP contribution < -0.4 is 26.0 Å². The maximum atomic E-state index is 13.9. The summed E-state index contributed by atoms with van der Waals surface area (Å²) in [4.78, 5) is 41.0. The van der Waals surface area contributed by atoms with Crippen molar-refractivity contribution in [3.05, 3.63) is 70.8 Å². The second-order valence-corrected chi connectivity index (χ2v) is 11.4. The van der Waals surface area contributed by atoms with E-state index in [0.29, 0.717) is 31.0 Å². The quantitative estimate of drug-likeness (QED) is 0.437. The van der Waals surface area contributed by atoms with Gasteiger partial charge in [-0.15, -0.1) is 0 Å². The lowest BCUT2D eigenvalue weighted by Gasteiger charge is -2.34. The number of carbonyl (C=O) groups excluding carboxylic acids is 3. The van der Waals surface area contributed by atoms with Crippen LogP contribution in [0.2, 0.25) is 5.02 Å². The van der Waals surface area contributed by atoms with E-state index in [0.717, 1.165) is 36.1 Å². The molecule has 41 heavy (non-hydrogen) atoms. The minimum Gasteiger partial charge on any atom is -0.492 e. The van der Waals surface area contributed by atoms with Gasteiger partial charge in [-0.2, -0.15) is 0 Å². The monoisotopic (exact) mass is 580 g/mol. The van der Waals surface area contributed by atoms with Gasteiger partial charge in [0.05, 0.1) is 6.04 Å². The summed E-state index contributed by atoms with van der Waals surface area (Å²) in [5.41, 5.74) is 0.635. The number of hydrogen-bond donors (Lipinski definition) is 4. The van der Waals surface area contributed by atoms with E-state index in [-0.39, 0.29) is 36.6 Å². The van der Waals surface area contributed by atoms with E-state index in [1.807, 2.05) is 62.4 Å². The molecule has 2 aliphatic rings. The Labute approximate surface area is 247 Å². The summed E-state index contributed by atoms with van der Waals surface area (Å²) in [6, 6.07) is 13.6. The molecule has 1 heterocycles. The average molecular weight is 581 g/mol. The summed E-state index contributed by atoms with van der Waals surface area (Å²) in [6.07, 6.45) is 7.49. The van der Waals surface area contributed by atoms with Crippen molar-refractivity contribution >= 4 is 35.4 Å². The molecular formula is C32H41ClN4O4. The molecule has 2 aromatic rings. The number of amides is 3. The van der Waals surface area contributed by atoms with Gasteiger partial charge < -0.3 is 26.0 Å². The van der Waals surface area contributed by atoms with E-state index in [4.69, 9.17) is 16.3 Å². The molecule has 1 fully saturated rings. The molecule has 0 radical (unpaired) electrons. The molecule has 1 aliphatic carbocycles. The standard InChI is InChI=1S/C32H41ClN4O4/c1-3-22(2)28-30(39)37-32(15-6-7-16-32)31(40)36-26(21-23-10-8-13-25(33)20-23)29(38)35-17-9-12-24-11-4-5-14-27(24)41-19-18-34-28/h4-5,8-14,20,22,26,28,34H,3,6-7,15-19,21H2,1-2H3,(H,35,38)(H,36,40)(H,37,39)/b12-9-/t22-,26-,28-/m0/s1. The van der Waals surface area contributed by atoms with Crippen molar-refractivity contribution < 1.29 is 19.1 Å². The highest BCUT2D eigenvalue weighted by molar-refractivity contribution is 6.30. The summed E-state index contributed by atoms with van der Waals surface area (Å²) < 4.78 is 6.05. The zero-order valence-electron chi connectivity index (χ0n) is 23.9. The van der Waals surface area contributed by atoms with E-state index in [9.17, 15) is 14.4 Å². The maximum absolute atomic E-state index is 13.9. The highest BCUT2D eigenvalue weighted by Gasteiger charge is 2.45. The summed E-state index contributed by atoms with van der Waals surface area (Å²) in [6.45, 7) is 5.18. The number of para-hydroxylation sites is 1. The summed E-state index contributed by atoms with van der Waals surface area (Å²) in [5, 5.41) is 13.0. The van der Waals surface area contributed by atoms with Crippen molar-refractivity contribution in [3.63, 3.8) is 0 Å². The Bertz CT molecular complexity index is 1240. The van der Waals surface area contributed by atoms with Crippen LogP contribution in [0.1, 0.15) is 57.1 Å². The molecule has 1 aliphatic heterocycles. The number of nitrogens with one attached hydrogen (secondary N) is 4. The van der Waals surface area contributed by atoms with Crippen molar-refractivity contribution in [2.24, 2.45) is 5.92 Å². The molecule has 0 unspecified atom stereocenters. The molecule has 0 saturated heterocycles. The topological polar surface area (TPSA) is 109 Å². The second-order valence-electron chi connectivity index (χ2n) is 11.0. The van der Waals surface area contributed by atoms with Crippen molar-refractivity contribution in [3.8, 4) is 5.75 Å². The zero-order valence-corrected chi connectivity index (χ0v) is 24.6. The van der Waals surface area contributed by atoms with Crippen LogP contribution in [-0.2, 0) is 20.8 Å². The van der Waals surface area contributed by atoms with Crippen LogP contribution in [0.15, 0.2) is 54.6 Å². The van der Waals surface area contributed by atoms with Crippen LogP contribution in [0.3, 0.4) is 0 Å². The predicted octanol–water partition coefficient (Wildman–Crippen LogP) is 4.02. The Morgan fingerprint density at radius 3 is 2.59 bits per heavy atom. The predicted molar refractivity (Wildman–Crippen MR) is 162 cm³/mol. The molecule has 4 rings (SSSR count). The Morgan fingerprint density at radius 2 is 1.83 bits per heavy atom. The fourth-order valence-corrected chi connectivity index (χ4v) is 5.70. The van der Waals surface area contributed by atoms with Gasteiger partial charge in [0.25, 0.3) is 0 Å². The van der Waals surface area contributed by atoms with Gasteiger partial charge >= 0.3 is 0 Å². The fourth-order valence-electron chi connectivity index (χ4n) is 5.49. The first-order chi connectivity index (χ1) is 19.8. The molecular weight excluding hydrogens is 540 g/mol. The zero-order chi connectivity index (χ0) is 29.2. The fraction of sp³-hybridized carbons (Fsp3) is 0.469. The number of ether oxygens (including phenoxy) is 1. The minimum atomic E-state index is -1.07. The molecule has 1 spiro atoms. The van der Waals surface area contributed by atoms with E-state index in [1.54, 1.807) is 12.1 Å². The highest BCUT2D eigenvalue weighted by Crippen LogP contribution is 2.31. The first kappa shape index (κ1) is 30.6. The van der Waals surface area contributed by atoms with Crippen molar-refractivity contribution in [1.29, 1.82) is 0 Å². The number of halogens is 1. The van der Waals surface area contributed by atoms with Crippen LogP contribution in [-0.4, -0.2) is 55.0 Å². The number of hydrogen-bond acceptors (Lipinski definition) is 5. The van der Waals surface area contributed by atoms with Gasteiger partial charge in [0.15, 0.2) is 0 Å². The van der Waals surface area contributed by atoms with Gasteiger partial charge in [-0.3, -0.25) is 14.4 Å². The molecule has 0 bridgehead atoms. The number of rotatable bonds is 4. The minimum absolute atomic E-state index is 0.0404. The molecule has 9 heteroatoms. The maximum Gasteiger partial charge on any atom is 0.246 e. The molecule has 220 valence electrons. The molecule has 3 amide bonds. The van der Waals surface area contributed by atoms with Crippen molar-refractivity contribution in [2.45, 2.75) is 70.0 Å². The first-order valence-corrected chi connectivity index (χ1v) is 15.0. The third-order valence-corrected chi connectivity index (χ3v) is 8.27. The summed E-state index contributed by atoms with van der Waals surface area (Å²) >= 11 is 6.21. The van der Waals surface area contributed by atoms with Crippen molar-refractivity contribution in [1.82, 2.24) is 21.3 Å². The largest absolute Gasteiger partial charge is 0.492 e. The second kappa shape index (κ2) is 14.5. The van der Waals surface area contributed by atoms with Crippen LogP contribution in [0, 0.1) is 5.92 Å². The van der Waals surface area contributed by atoms with Gasteiger partial charge in [0, 0.05) is 30.1 Å². The lowest BCUT2D eigenvalue weighted by molar-refractivity contribution is -0.137. The molecule has 3 atom stereocenters. The lowest BCUT2D eigenvalue weighted by Crippen LogP contribution is -2.64. The highest BCUT2D eigenvalue weighted by atomic mass is 35.5. The summed E-state index contributed by atoms with van der Waals surface area (Å²) in [7, 11) is 0. The number of benzene rings is 2. The van der Waals surface area contributed by atoms with Crippen LogP contribution in [0.25, 0.3) is 6.08 Å². The van der Waals surface area contributed by atoms with Crippen molar-refractivity contribution in [2.75, 3.05) is 19.7 Å². The van der Waals surface area contributed by atoms with Gasteiger partial charge in [-0.25, -0.2) is 0 Å². The normalized spacial score (nSPS) is 23.6. The SMILES string of the molecule is CC[C@H](C)[C@@H]1NCCOc2ccccc2/C=C\CNC(=O)[C@H](Cc2cccc(Cl)c2)NC(=O)C2(CCCC2)NC1=O. The molecule has 2 aromatic carbocycles. The van der Waals surface area contributed by atoms with E-state index >= 15 is 0 Å². The Kier molecular flexibility index (Phi) is 10.8. The van der Waals surface area contributed by atoms with Gasteiger partial charge in [0.1, 0.15) is 23.9 Å². The van der Waals surface area contributed by atoms with Crippen LogP contribution >= 0.6 is 11.6 Å². The third-order valence-electron chi connectivity index (χ3n) is 8.03. The Hall–Kier alpha value is -3.36. The molecule has 1 saturated carbocycles. The van der Waals surface area contributed by atoms with Gasteiger partial charge in [-0.05, 0) is 42.5 Å². The number of carbonyl (C=O) groups is 3. The summed E-state index contributed by atoms with van der Waals surface area (Å²) in [5.74, 6) is -0.0940. The number of fused-ring (bicyclic) bond motifs is 1. The average Bonchev–Trinajstić information content (AvgIpc) is 3.44. The van der Waals surface area contributed by atoms with E-state index < -0.39 is 17.6 Å². The molecule has 4 N–H and O–H groups in total. The Morgan fingerprint density at radius 1 is 1.05 bits per heavy atom. The lowest BCUT2D eigenvalue weighted by atomic mass is 9.92. The smallest absolute Gasteiger partial charge is 0.246 e. The molecule has 0 aromatic heterocycles. The first-order valence-electron chi connectivity index (χ1n) is 14.6. The third kappa shape index (κ3) is 8.11. The van der Waals surface area contributed by atoms with Gasteiger partial charge in [-0.1, -0.05) is 87.2 Å². The molecule has 8 nitrogen and oxygen atoms in total. The van der Waals surface area contributed by atoms with Crippen LogP contribution in [0.5, 0.6) is 5.75 Å².